The highest BCUT2D eigenvalue weighted by Crippen LogP contribution is 2.33. The van der Waals surface area contributed by atoms with Gasteiger partial charge < -0.3 is 10.4 Å². The molecular weight excluding hydrogens is 317 g/mol. The normalized spacial score (nSPS) is 13.3. The maximum atomic E-state index is 12.6. The first-order valence-electron chi connectivity index (χ1n) is 6.66. The molecule has 0 aliphatic rings. The van der Waals surface area contributed by atoms with Crippen LogP contribution in [-0.2, 0) is 17.4 Å². The number of benzene rings is 1. The summed E-state index contributed by atoms with van der Waals surface area (Å²) in [4.78, 5) is 15.7. The molecule has 2 aromatic rings. The molecule has 0 aliphatic carbocycles. The number of hydrogen-bond acceptors (Lipinski definition) is 4. The van der Waals surface area contributed by atoms with E-state index in [-0.39, 0.29) is 25.0 Å². The number of halogens is 3. The number of aliphatic hydroxyl groups excluding tert-OH is 1. The molecule has 0 fully saturated rings. The Morgan fingerprint density at radius 1 is 1.45 bits per heavy atom. The molecule has 1 heterocycles. The van der Waals surface area contributed by atoms with Crippen molar-refractivity contribution in [3.63, 3.8) is 0 Å². The lowest BCUT2D eigenvalue weighted by Gasteiger charge is -2.09. The van der Waals surface area contributed by atoms with Gasteiger partial charge in [-0.3, -0.25) is 4.79 Å². The van der Waals surface area contributed by atoms with Gasteiger partial charge in [0.05, 0.1) is 27.4 Å². The van der Waals surface area contributed by atoms with E-state index in [9.17, 15) is 18.0 Å². The third-order valence-electron chi connectivity index (χ3n) is 3.01. The summed E-state index contributed by atoms with van der Waals surface area (Å²) in [6.45, 7) is 1.53. The van der Waals surface area contributed by atoms with E-state index in [1.165, 1.54) is 17.4 Å². The standard InChI is InChI=1S/C14H15F3N2O2S/c1-8(7-20)18-12(21)4-5-13-19-10-6-9(14(15,16)17)2-3-11(10)22-13/h2-3,6,8,20H,4-5,7H2,1H3,(H,18,21). The molecule has 1 aromatic heterocycles. The number of carbonyl (C=O) groups is 1. The minimum Gasteiger partial charge on any atom is -0.394 e. The zero-order valence-corrected chi connectivity index (χ0v) is 12.6. The topological polar surface area (TPSA) is 62.2 Å². The van der Waals surface area contributed by atoms with Crippen LogP contribution >= 0.6 is 11.3 Å². The molecular formula is C14H15F3N2O2S. The fourth-order valence-electron chi connectivity index (χ4n) is 1.87. The number of nitrogens with zero attached hydrogens (tertiary/aromatic N) is 1. The first-order valence-corrected chi connectivity index (χ1v) is 7.48. The van der Waals surface area contributed by atoms with Crippen LogP contribution < -0.4 is 5.32 Å². The number of hydrogen-bond donors (Lipinski definition) is 2. The van der Waals surface area contributed by atoms with Gasteiger partial charge in [0.2, 0.25) is 5.91 Å². The van der Waals surface area contributed by atoms with Crippen LogP contribution in [-0.4, -0.2) is 28.6 Å². The molecule has 1 aromatic carbocycles. The van der Waals surface area contributed by atoms with E-state index in [2.05, 4.69) is 10.3 Å². The zero-order chi connectivity index (χ0) is 16.3. The van der Waals surface area contributed by atoms with Crippen molar-refractivity contribution in [2.24, 2.45) is 0 Å². The summed E-state index contributed by atoms with van der Waals surface area (Å²) in [7, 11) is 0. The van der Waals surface area contributed by atoms with Crippen LogP contribution in [0.15, 0.2) is 18.2 Å². The zero-order valence-electron chi connectivity index (χ0n) is 11.8. The van der Waals surface area contributed by atoms with Gasteiger partial charge in [0.15, 0.2) is 0 Å². The molecule has 120 valence electrons. The molecule has 0 aliphatic heterocycles. The Balaban J connectivity index is 2.05. The number of aromatic nitrogens is 1. The van der Waals surface area contributed by atoms with Crippen molar-refractivity contribution in [2.45, 2.75) is 32.0 Å². The van der Waals surface area contributed by atoms with Crippen LogP contribution in [0.4, 0.5) is 13.2 Å². The smallest absolute Gasteiger partial charge is 0.394 e. The number of carbonyl (C=O) groups excluding carboxylic acids is 1. The molecule has 0 saturated heterocycles. The number of fused-ring (bicyclic) bond motifs is 1. The highest BCUT2D eigenvalue weighted by Gasteiger charge is 2.30. The van der Waals surface area contributed by atoms with Gasteiger partial charge in [-0.25, -0.2) is 4.98 Å². The van der Waals surface area contributed by atoms with E-state index < -0.39 is 11.7 Å². The minimum atomic E-state index is -4.39. The molecule has 0 bridgehead atoms. The Morgan fingerprint density at radius 2 is 2.18 bits per heavy atom. The largest absolute Gasteiger partial charge is 0.416 e. The Kier molecular flexibility index (Phi) is 5.02. The van der Waals surface area contributed by atoms with Crippen LogP contribution in [0.25, 0.3) is 10.2 Å². The molecule has 22 heavy (non-hydrogen) atoms. The molecule has 1 atom stereocenters. The summed E-state index contributed by atoms with van der Waals surface area (Å²) in [6, 6.07) is 3.12. The van der Waals surface area contributed by atoms with Gasteiger partial charge in [-0.05, 0) is 25.1 Å². The Bertz CT molecular complexity index is 670. The van der Waals surface area contributed by atoms with E-state index >= 15 is 0 Å². The van der Waals surface area contributed by atoms with Crippen molar-refractivity contribution < 1.29 is 23.1 Å². The van der Waals surface area contributed by atoms with Crippen LogP contribution in [0.3, 0.4) is 0 Å². The maximum Gasteiger partial charge on any atom is 0.416 e. The van der Waals surface area contributed by atoms with Gasteiger partial charge in [0.25, 0.3) is 0 Å². The number of rotatable bonds is 5. The number of amides is 1. The van der Waals surface area contributed by atoms with Crippen molar-refractivity contribution in [2.75, 3.05) is 6.61 Å². The van der Waals surface area contributed by atoms with E-state index in [1.54, 1.807) is 6.92 Å². The fourth-order valence-corrected chi connectivity index (χ4v) is 2.82. The lowest BCUT2D eigenvalue weighted by Crippen LogP contribution is -2.35. The van der Waals surface area contributed by atoms with Crippen molar-refractivity contribution in [1.29, 1.82) is 0 Å². The summed E-state index contributed by atoms with van der Waals surface area (Å²) >= 11 is 1.28. The fraction of sp³-hybridized carbons (Fsp3) is 0.429. The average Bonchev–Trinajstić information content (AvgIpc) is 2.85. The summed E-state index contributed by atoms with van der Waals surface area (Å²) in [5, 5.41) is 12.1. The van der Waals surface area contributed by atoms with E-state index in [1.807, 2.05) is 0 Å². The van der Waals surface area contributed by atoms with Crippen molar-refractivity contribution in [1.82, 2.24) is 10.3 Å². The van der Waals surface area contributed by atoms with Crippen LogP contribution in [0.5, 0.6) is 0 Å². The second-order valence-corrected chi connectivity index (χ2v) is 6.05. The van der Waals surface area contributed by atoms with Gasteiger partial charge in [0.1, 0.15) is 0 Å². The lowest BCUT2D eigenvalue weighted by molar-refractivity contribution is -0.137. The molecule has 1 amide bonds. The number of alkyl halides is 3. The van der Waals surface area contributed by atoms with Crippen molar-refractivity contribution >= 4 is 27.5 Å². The van der Waals surface area contributed by atoms with Gasteiger partial charge >= 0.3 is 6.18 Å². The Labute approximate surface area is 129 Å². The third kappa shape index (κ3) is 4.17. The van der Waals surface area contributed by atoms with Gasteiger partial charge in [-0.2, -0.15) is 13.2 Å². The summed E-state index contributed by atoms with van der Waals surface area (Å²) in [5.41, 5.74) is -0.440. The predicted molar refractivity (Wildman–Crippen MR) is 77.6 cm³/mol. The lowest BCUT2D eigenvalue weighted by atomic mass is 10.2. The van der Waals surface area contributed by atoms with E-state index in [4.69, 9.17) is 5.11 Å². The Hall–Kier alpha value is -1.67. The SMILES string of the molecule is CC(CO)NC(=O)CCc1nc2cc(C(F)(F)F)ccc2s1. The van der Waals surface area contributed by atoms with Crippen molar-refractivity contribution in [3.8, 4) is 0 Å². The van der Waals surface area contributed by atoms with Crippen molar-refractivity contribution in [3.05, 3.63) is 28.8 Å². The summed E-state index contributed by atoms with van der Waals surface area (Å²) < 4.78 is 38.6. The van der Waals surface area contributed by atoms with Gasteiger partial charge in [-0.1, -0.05) is 0 Å². The maximum absolute atomic E-state index is 12.6. The Morgan fingerprint density at radius 3 is 2.82 bits per heavy atom. The number of aliphatic hydroxyl groups is 1. The second kappa shape index (κ2) is 6.62. The molecule has 1 unspecified atom stereocenters. The summed E-state index contributed by atoms with van der Waals surface area (Å²) in [6.07, 6.45) is -3.86. The predicted octanol–water partition coefficient (Wildman–Crippen LogP) is 2.74. The van der Waals surface area contributed by atoms with Gasteiger partial charge in [0, 0.05) is 18.9 Å². The first kappa shape index (κ1) is 16.7. The number of thiazole rings is 1. The number of aryl methyl sites for hydroxylation is 1. The molecule has 2 rings (SSSR count). The molecule has 0 spiro atoms. The quantitative estimate of drug-likeness (QED) is 0.885. The van der Waals surface area contributed by atoms with E-state index in [0.29, 0.717) is 21.6 Å². The molecule has 8 heteroatoms. The second-order valence-electron chi connectivity index (χ2n) is 4.94. The van der Waals surface area contributed by atoms with E-state index in [0.717, 1.165) is 12.1 Å². The molecule has 4 nitrogen and oxygen atoms in total. The van der Waals surface area contributed by atoms with Crippen LogP contribution in [0.1, 0.15) is 23.9 Å². The average molecular weight is 332 g/mol. The monoisotopic (exact) mass is 332 g/mol. The van der Waals surface area contributed by atoms with Crippen LogP contribution in [0, 0.1) is 0 Å². The minimum absolute atomic E-state index is 0.146. The summed E-state index contributed by atoms with van der Waals surface area (Å²) in [5.74, 6) is -0.225. The third-order valence-corrected chi connectivity index (χ3v) is 4.10. The molecule has 2 N–H and O–H groups in total. The number of nitrogens with one attached hydrogen (secondary N) is 1. The first-order chi connectivity index (χ1) is 10.3. The molecule has 0 saturated carbocycles. The highest BCUT2D eigenvalue weighted by molar-refractivity contribution is 7.18. The highest BCUT2D eigenvalue weighted by atomic mass is 32.1. The van der Waals surface area contributed by atoms with Crippen LogP contribution in [0.2, 0.25) is 0 Å². The molecule has 0 radical (unpaired) electrons. The van der Waals surface area contributed by atoms with Gasteiger partial charge in [-0.15, -0.1) is 11.3 Å².